The smallest absolute Gasteiger partial charge is 0.262 e. The van der Waals surface area contributed by atoms with Crippen molar-refractivity contribution >= 4 is 46.2 Å². The van der Waals surface area contributed by atoms with Crippen molar-refractivity contribution in [1.29, 1.82) is 0 Å². The lowest BCUT2D eigenvalue weighted by molar-refractivity contribution is -0.122. The molecule has 10 heteroatoms. The van der Waals surface area contributed by atoms with Gasteiger partial charge in [0.2, 0.25) is 11.8 Å². The topological polar surface area (TPSA) is 120 Å². The average Bonchev–Trinajstić information content (AvgIpc) is 3.09. The molecule has 3 N–H and O–H groups in total. The van der Waals surface area contributed by atoms with E-state index in [1.807, 2.05) is 18.7 Å². The molecule has 9 nitrogen and oxygen atoms in total. The standard InChI is InChI=1S/C21H29N5O4S/c1-5-22-18(28)13(4)23-19(29)14-9-8-10-15(11-14)24-17(27)12-16-20(30)25-21(31-16)26(6-2)7-3/h8-11,13,16H,5-7,12H2,1-4H3,(H,22,28)(H,23,29)(H,24,27)/t13-,16-/m1/s1. The van der Waals surface area contributed by atoms with Gasteiger partial charge in [-0.05, 0) is 45.9 Å². The number of aliphatic imine (C=N–C) groups is 1. The highest BCUT2D eigenvalue weighted by atomic mass is 32.2. The molecule has 2 rings (SSSR count). The fourth-order valence-electron chi connectivity index (χ4n) is 2.93. The van der Waals surface area contributed by atoms with Gasteiger partial charge in [0.25, 0.3) is 11.8 Å². The molecule has 0 saturated carbocycles. The molecule has 0 aliphatic carbocycles. The third kappa shape index (κ3) is 6.81. The maximum absolute atomic E-state index is 12.5. The number of hydrogen-bond donors (Lipinski definition) is 3. The van der Waals surface area contributed by atoms with Gasteiger partial charge in [-0.2, -0.15) is 4.99 Å². The summed E-state index contributed by atoms with van der Waals surface area (Å²) in [6, 6.07) is 5.73. The maximum atomic E-state index is 12.5. The first-order chi connectivity index (χ1) is 14.8. The third-order valence-electron chi connectivity index (χ3n) is 4.63. The fraction of sp³-hybridized carbons (Fsp3) is 0.476. The number of likely N-dealkylation sites (N-methyl/N-ethyl adjacent to an activating group) is 1. The third-order valence-corrected chi connectivity index (χ3v) is 5.85. The summed E-state index contributed by atoms with van der Waals surface area (Å²) in [7, 11) is 0. The van der Waals surface area contributed by atoms with Crippen LogP contribution in [-0.2, 0) is 14.4 Å². The van der Waals surface area contributed by atoms with Crippen molar-refractivity contribution < 1.29 is 19.2 Å². The zero-order valence-corrected chi connectivity index (χ0v) is 19.0. The van der Waals surface area contributed by atoms with E-state index in [4.69, 9.17) is 0 Å². The van der Waals surface area contributed by atoms with E-state index in [-0.39, 0.29) is 24.1 Å². The number of benzene rings is 1. The van der Waals surface area contributed by atoms with Gasteiger partial charge in [0, 0.05) is 37.3 Å². The summed E-state index contributed by atoms with van der Waals surface area (Å²) in [5.74, 6) is -1.34. The Morgan fingerprint density at radius 1 is 1.19 bits per heavy atom. The largest absolute Gasteiger partial charge is 0.355 e. The number of thioether (sulfide) groups is 1. The molecular weight excluding hydrogens is 418 g/mol. The molecule has 0 aromatic heterocycles. The second kappa shape index (κ2) is 11.5. The first-order valence-electron chi connectivity index (χ1n) is 10.3. The summed E-state index contributed by atoms with van der Waals surface area (Å²) in [5.41, 5.74) is 0.746. The van der Waals surface area contributed by atoms with Crippen LogP contribution in [0.3, 0.4) is 0 Å². The van der Waals surface area contributed by atoms with Crippen LogP contribution in [0.2, 0.25) is 0 Å². The first-order valence-corrected chi connectivity index (χ1v) is 11.2. The van der Waals surface area contributed by atoms with E-state index in [2.05, 4.69) is 20.9 Å². The van der Waals surface area contributed by atoms with Crippen molar-refractivity contribution in [2.24, 2.45) is 4.99 Å². The molecule has 31 heavy (non-hydrogen) atoms. The molecule has 0 radical (unpaired) electrons. The van der Waals surface area contributed by atoms with Crippen LogP contribution in [0.25, 0.3) is 0 Å². The molecule has 168 valence electrons. The van der Waals surface area contributed by atoms with E-state index in [9.17, 15) is 19.2 Å². The quantitative estimate of drug-likeness (QED) is 0.529. The number of hydrogen-bond acceptors (Lipinski definition) is 6. The number of carbonyl (C=O) groups is 4. The second-order valence-electron chi connectivity index (χ2n) is 6.93. The average molecular weight is 448 g/mol. The van der Waals surface area contributed by atoms with Crippen molar-refractivity contribution in [2.45, 2.75) is 45.4 Å². The van der Waals surface area contributed by atoms with Crippen molar-refractivity contribution in [3.05, 3.63) is 29.8 Å². The van der Waals surface area contributed by atoms with Crippen LogP contribution in [-0.4, -0.2) is 64.6 Å². The molecule has 0 fully saturated rings. The van der Waals surface area contributed by atoms with Crippen LogP contribution in [0.4, 0.5) is 5.69 Å². The van der Waals surface area contributed by atoms with Gasteiger partial charge in [0.1, 0.15) is 11.3 Å². The number of amidine groups is 1. The molecule has 4 amide bonds. The van der Waals surface area contributed by atoms with E-state index >= 15 is 0 Å². The van der Waals surface area contributed by atoms with Crippen LogP contribution >= 0.6 is 11.8 Å². The van der Waals surface area contributed by atoms with Crippen LogP contribution in [0.15, 0.2) is 29.3 Å². The van der Waals surface area contributed by atoms with E-state index in [1.54, 1.807) is 32.0 Å². The highest BCUT2D eigenvalue weighted by molar-refractivity contribution is 8.15. The Morgan fingerprint density at radius 3 is 2.55 bits per heavy atom. The number of nitrogens with one attached hydrogen (secondary N) is 3. The molecule has 1 aliphatic rings. The molecule has 1 aliphatic heterocycles. The number of rotatable bonds is 9. The molecule has 1 heterocycles. The Hall–Kier alpha value is -2.88. The normalized spacial score (nSPS) is 16.3. The minimum atomic E-state index is -0.684. The molecular formula is C21H29N5O4S. The van der Waals surface area contributed by atoms with Gasteiger partial charge >= 0.3 is 0 Å². The minimum absolute atomic E-state index is 0.0115. The van der Waals surface area contributed by atoms with Gasteiger partial charge in [0.05, 0.1) is 0 Å². The summed E-state index contributed by atoms with van der Waals surface area (Å²) in [5, 5.41) is 8.08. The Morgan fingerprint density at radius 2 is 1.90 bits per heavy atom. The van der Waals surface area contributed by atoms with Crippen LogP contribution in [0, 0.1) is 0 Å². The Kier molecular flexibility index (Phi) is 9.04. The number of nitrogens with zero attached hydrogens (tertiary/aromatic N) is 2. The zero-order valence-electron chi connectivity index (χ0n) is 18.2. The highest BCUT2D eigenvalue weighted by Crippen LogP contribution is 2.27. The molecule has 1 aromatic carbocycles. The fourth-order valence-corrected chi connectivity index (χ4v) is 4.12. The van der Waals surface area contributed by atoms with Gasteiger partial charge < -0.3 is 20.9 Å². The Balaban J connectivity index is 1.94. The number of carbonyl (C=O) groups excluding carboxylic acids is 4. The predicted molar refractivity (Wildman–Crippen MR) is 122 cm³/mol. The van der Waals surface area contributed by atoms with Gasteiger partial charge in [-0.1, -0.05) is 17.8 Å². The summed E-state index contributed by atoms with van der Waals surface area (Å²) < 4.78 is 0. The monoisotopic (exact) mass is 447 g/mol. The van der Waals surface area contributed by atoms with Crippen molar-refractivity contribution in [2.75, 3.05) is 25.0 Å². The molecule has 2 atom stereocenters. The highest BCUT2D eigenvalue weighted by Gasteiger charge is 2.32. The van der Waals surface area contributed by atoms with E-state index in [0.717, 1.165) is 13.1 Å². The molecule has 0 unspecified atom stereocenters. The SMILES string of the molecule is CCNC(=O)[C@@H](C)NC(=O)c1cccc(NC(=O)C[C@H]2SC(N(CC)CC)=NC2=O)c1. The molecule has 0 bridgehead atoms. The van der Waals surface area contributed by atoms with Crippen LogP contribution in [0.1, 0.15) is 44.5 Å². The number of amides is 4. The lowest BCUT2D eigenvalue weighted by atomic mass is 10.1. The van der Waals surface area contributed by atoms with Gasteiger partial charge in [0.15, 0.2) is 5.17 Å². The predicted octanol–water partition coefficient (Wildman–Crippen LogP) is 1.61. The lowest BCUT2D eigenvalue weighted by Gasteiger charge is -2.19. The van der Waals surface area contributed by atoms with Crippen molar-refractivity contribution in [3.8, 4) is 0 Å². The van der Waals surface area contributed by atoms with Crippen molar-refractivity contribution in [1.82, 2.24) is 15.5 Å². The molecule has 0 spiro atoms. The molecule has 0 saturated heterocycles. The zero-order chi connectivity index (χ0) is 23.0. The summed E-state index contributed by atoms with van der Waals surface area (Å²) in [4.78, 5) is 54.9. The minimum Gasteiger partial charge on any atom is -0.355 e. The Labute approximate surface area is 186 Å². The molecule has 1 aromatic rings. The van der Waals surface area contributed by atoms with Crippen molar-refractivity contribution in [3.63, 3.8) is 0 Å². The summed E-state index contributed by atoms with van der Waals surface area (Å²) in [6.45, 7) is 9.31. The van der Waals surface area contributed by atoms with E-state index < -0.39 is 17.2 Å². The van der Waals surface area contributed by atoms with Gasteiger partial charge in [-0.25, -0.2) is 0 Å². The Bertz CT molecular complexity index is 869. The van der Waals surface area contributed by atoms with Crippen LogP contribution in [0.5, 0.6) is 0 Å². The van der Waals surface area contributed by atoms with Crippen LogP contribution < -0.4 is 16.0 Å². The summed E-state index contributed by atoms with van der Waals surface area (Å²) in [6.07, 6.45) is -0.0115. The maximum Gasteiger partial charge on any atom is 0.262 e. The second-order valence-corrected chi connectivity index (χ2v) is 8.10. The lowest BCUT2D eigenvalue weighted by Crippen LogP contribution is -2.44. The van der Waals surface area contributed by atoms with E-state index in [0.29, 0.717) is 23.0 Å². The van der Waals surface area contributed by atoms with Gasteiger partial charge in [-0.15, -0.1) is 0 Å². The number of anilines is 1. The van der Waals surface area contributed by atoms with E-state index in [1.165, 1.54) is 17.8 Å². The first kappa shape index (κ1) is 24.4. The van der Waals surface area contributed by atoms with Gasteiger partial charge in [-0.3, -0.25) is 19.2 Å². The summed E-state index contributed by atoms with van der Waals surface area (Å²) >= 11 is 1.30.